The molecule has 0 aliphatic carbocycles. The molecule has 2 aromatic heterocycles. The lowest BCUT2D eigenvalue weighted by atomic mass is 10.1. The minimum Gasteiger partial charge on any atom is -0.461 e. The van der Waals surface area contributed by atoms with E-state index in [0.717, 1.165) is 11.1 Å². The van der Waals surface area contributed by atoms with Crippen LogP contribution in [0, 0.1) is 13.8 Å². The van der Waals surface area contributed by atoms with Crippen LogP contribution in [0.15, 0.2) is 71.3 Å². The van der Waals surface area contributed by atoms with Gasteiger partial charge in [0.15, 0.2) is 5.76 Å². The Morgan fingerprint density at radius 3 is 2.32 bits per heavy atom. The number of hydrogen-bond acceptors (Lipinski definition) is 5. The Morgan fingerprint density at radius 2 is 1.68 bits per heavy atom. The molecule has 0 unspecified atom stereocenters. The molecule has 4 rings (SSSR count). The molecule has 0 amide bonds. The summed E-state index contributed by atoms with van der Waals surface area (Å²) in [6.45, 7) is 4.55. The summed E-state index contributed by atoms with van der Waals surface area (Å²) in [6.07, 6.45) is 1.55. The summed E-state index contributed by atoms with van der Waals surface area (Å²) in [4.78, 5) is 17.5. The van der Waals surface area contributed by atoms with E-state index in [1.54, 1.807) is 30.5 Å². The predicted octanol–water partition coefficient (Wildman–Crippen LogP) is 4.46. The number of rotatable bonds is 5. The van der Waals surface area contributed by atoms with Gasteiger partial charge in [-0.3, -0.25) is 4.79 Å². The minimum absolute atomic E-state index is 0.253. The second kappa shape index (κ2) is 7.52. The summed E-state index contributed by atoms with van der Waals surface area (Å²) in [7, 11) is 0. The highest BCUT2D eigenvalue weighted by Gasteiger charge is 2.19. The number of anilines is 1. The Balaban J connectivity index is 1.66. The fourth-order valence-electron chi connectivity index (χ4n) is 2.78. The Bertz CT molecular complexity index is 1080. The number of benzene rings is 2. The Hall–Kier alpha value is -3.67. The largest absolute Gasteiger partial charge is 0.461 e. The third-order valence-electron chi connectivity index (χ3n) is 4.41. The molecule has 1 N–H and O–H groups in total. The van der Waals surface area contributed by atoms with Crippen molar-refractivity contribution in [2.24, 2.45) is 0 Å². The highest BCUT2D eigenvalue weighted by molar-refractivity contribution is 5.97. The molecule has 6 nitrogen and oxygen atoms in total. The number of aryl methyl sites for hydroxylation is 2. The first-order chi connectivity index (χ1) is 13.6. The van der Waals surface area contributed by atoms with Crippen molar-refractivity contribution in [1.29, 1.82) is 0 Å². The molecule has 4 aromatic rings. The molecule has 0 aliphatic rings. The number of carbonyl (C=O) groups excluding carboxylic acids is 1. The molecule has 0 saturated heterocycles. The van der Waals surface area contributed by atoms with Crippen LogP contribution in [0.5, 0.6) is 0 Å². The SMILES string of the molecule is Cc1ccc(CNc2nc(-c3ccco3)nn2C(=O)c2ccc(C)cc2)cc1. The van der Waals surface area contributed by atoms with E-state index >= 15 is 0 Å². The lowest BCUT2D eigenvalue weighted by Crippen LogP contribution is -2.17. The van der Waals surface area contributed by atoms with E-state index in [2.05, 4.69) is 15.4 Å². The van der Waals surface area contributed by atoms with Crippen molar-refractivity contribution in [3.05, 3.63) is 89.2 Å². The number of nitrogens with one attached hydrogen (secondary N) is 1. The maximum Gasteiger partial charge on any atom is 0.281 e. The zero-order valence-electron chi connectivity index (χ0n) is 15.7. The van der Waals surface area contributed by atoms with Crippen molar-refractivity contribution in [1.82, 2.24) is 14.8 Å². The summed E-state index contributed by atoms with van der Waals surface area (Å²) >= 11 is 0. The molecular formula is C22H20N4O2. The maximum atomic E-state index is 13.0. The number of nitrogens with zero attached hydrogens (tertiary/aromatic N) is 3. The molecule has 2 heterocycles. The minimum atomic E-state index is -0.253. The molecule has 28 heavy (non-hydrogen) atoms. The Morgan fingerprint density at radius 1 is 1.00 bits per heavy atom. The summed E-state index contributed by atoms with van der Waals surface area (Å²) in [5.74, 6) is 0.986. The van der Waals surface area contributed by atoms with Crippen LogP contribution in [0.2, 0.25) is 0 Å². The van der Waals surface area contributed by atoms with Crippen molar-refractivity contribution in [2.45, 2.75) is 20.4 Å². The quantitative estimate of drug-likeness (QED) is 0.560. The summed E-state index contributed by atoms with van der Waals surface area (Å²) < 4.78 is 6.68. The summed E-state index contributed by atoms with van der Waals surface area (Å²) in [5.41, 5.74) is 3.91. The predicted molar refractivity (Wildman–Crippen MR) is 107 cm³/mol. The lowest BCUT2D eigenvalue weighted by molar-refractivity contribution is 0.0947. The van der Waals surface area contributed by atoms with Crippen molar-refractivity contribution in [3.8, 4) is 11.6 Å². The molecule has 0 spiro atoms. The fraction of sp³-hybridized carbons (Fsp3) is 0.136. The van der Waals surface area contributed by atoms with Crippen LogP contribution in [0.25, 0.3) is 11.6 Å². The number of hydrogen-bond donors (Lipinski definition) is 1. The van der Waals surface area contributed by atoms with Gasteiger partial charge in [-0.25, -0.2) is 0 Å². The van der Waals surface area contributed by atoms with E-state index in [1.807, 2.05) is 50.2 Å². The normalized spacial score (nSPS) is 10.8. The molecule has 140 valence electrons. The van der Waals surface area contributed by atoms with Crippen LogP contribution in [0.3, 0.4) is 0 Å². The van der Waals surface area contributed by atoms with E-state index in [1.165, 1.54) is 10.2 Å². The molecule has 0 atom stereocenters. The topological polar surface area (TPSA) is 73.0 Å². The third-order valence-corrected chi connectivity index (χ3v) is 4.41. The standard InChI is InChI=1S/C22H20N4O2/c1-15-5-9-17(10-6-15)14-23-22-24-20(19-4-3-13-28-19)25-26(22)21(27)18-11-7-16(2)8-12-18/h3-13H,14H2,1-2H3,(H,23,24,25). The molecule has 0 radical (unpaired) electrons. The van der Waals surface area contributed by atoms with Gasteiger partial charge in [-0.05, 0) is 43.7 Å². The van der Waals surface area contributed by atoms with Crippen LogP contribution < -0.4 is 5.32 Å². The first-order valence-electron chi connectivity index (χ1n) is 9.02. The summed E-state index contributed by atoms with van der Waals surface area (Å²) in [5, 5.41) is 7.60. The fourth-order valence-corrected chi connectivity index (χ4v) is 2.78. The molecule has 0 aliphatic heterocycles. The zero-order valence-corrected chi connectivity index (χ0v) is 15.7. The first kappa shape index (κ1) is 17.7. The van der Waals surface area contributed by atoms with Gasteiger partial charge in [0, 0.05) is 12.1 Å². The van der Waals surface area contributed by atoms with Gasteiger partial charge in [0.25, 0.3) is 5.91 Å². The van der Waals surface area contributed by atoms with Crippen molar-refractivity contribution in [2.75, 3.05) is 5.32 Å². The zero-order chi connectivity index (χ0) is 19.5. The van der Waals surface area contributed by atoms with Crippen LogP contribution in [-0.2, 0) is 6.54 Å². The molecule has 0 fully saturated rings. The van der Waals surface area contributed by atoms with E-state index < -0.39 is 0 Å². The second-order valence-electron chi connectivity index (χ2n) is 6.66. The molecule has 0 saturated carbocycles. The van der Waals surface area contributed by atoms with Crippen molar-refractivity contribution < 1.29 is 9.21 Å². The third kappa shape index (κ3) is 3.71. The van der Waals surface area contributed by atoms with Gasteiger partial charge in [-0.2, -0.15) is 9.67 Å². The molecular weight excluding hydrogens is 352 g/mol. The van der Waals surface area contributed by atoms with Crippen molar-refractivity contribution in [3.63, 3.8) is 0 Å². The van der Waals surface area contributed by atoms with Gasteiger partial charge >= 0.3 is 0 Å². The highest BCUT2D eigenvalue weighted by Crippen LogP contribution is 2.20. The maximum absolute atomic E-state index is 13.0. The number of carbonyl (C=O) groups is 1. The number of furan rings is 1. The van der Waals surface area contributed by atoms with E-state index in [0.29, 0.717) is 29.6 Å². The average molecular weight is 372 g/mol. The van der Waals surface area contributed by atoms with Gasteiger partial charge in [0.1, 0.15) is 0 Å². The van der Waals surface area contributed by atoms with Gasteiger partial charge in [0.2, 0.25) is 11.8 Å². The van der Waals surface area contributed by atoms with Gasteiger partial charge < -0.3 is 9.73 Å². The molecule has 6 heteroatoms. The van der Waals surface area contributed by atoms with Crippen LogP contribution in [-0.4, -0.2) is 20.7 Å². The van der Waals surface area contributed by atoms with Gasteiger partial charge in [-0.15, -0.1) is 5.10 Å². The first-order valence-corrected chi connectivity index (χ1v) is 9.02. The second-order valence-corrected chi connectivity index (χ2v) is 6.66. The molecule has 0 bridgehead atoms. The van der Waals surface area contributed by atoms with E-state index in [-0.39, 0.29) is 5.91 Å². The van der Waals surface area contributed by atoms with Crippen molar-refractivity contribution >= 4 is 11.9 Å². The van der Waals surface area contributed by atoms with Crippen LogP contribution in [0.1, 0.15) is 27.0 Å². The smallest absolute Gasteiger partial charge is 0.281 e. The van der Waals surface area contributed by atoms with Crippen LogP contribution >= 0.6 is 0 Å². The van der Waals surface area contributed by atoms with E-state index in [9.17, 15) is 4.79 Å². The Labute approximate surface area is 162 Å². The van der Waals surface area contributed by atoms with Gasteiger partial charge in [0.05, 0.1) is 6.26 Å². The van der Waals surface area contributed by atoms with E-state index in [4.69, 9.17) is 4.42 Å². The number of aromatic nitrogens is 3. The Kier molecular flexibility index (Phi) is 4.76. The average Bonchev–Trinajstić information content (AvgIpc) is 3.37. The summed E-state index contributed by atoms with van der Waals surface area (Å²) in [6, 6.07) is 19.1. The van der Waals surface area contributed by atoms with Gasteiger partial charge in [-0.1, -0.05) is 47.5 Å². The lowest BCUT2D eigenvalue weighted by Gasteiger charge is -2.08. The van der Waals surface area contributed by atoms with Crippen LogP contribution in [0.4, 0.5) is 5.95 Å². The molecule has 2 aromatic carbocycles. The highest BCUT2D eigenvalue weighted by atomic mass is 16.3. The monoisotopic (exact) mass is 372 g/mol.